The Hall–Kier alpha value is -2.24. The predicted molar refractivity (Wildman–Crippen MR) is 117 cm³/mol. The second kappa shape index (κ2) is 11.8. The first-order valence-electron chi connectivity index (χ1n) is 9.42. The molecule has 2 aromatic rings. The number of aromatic carboxylic acids is 1. The van der Waals surface area contributed by atoms with Crippen molar-refractivity contribution in [2.75, 3.05) is 31.5 Å². The smallest absolute Gasteiger partial charge is 0.344 e. The highest BCUT2D eigenvalue weighted by Gasteiger charge is 2.23. The minimum atomic E-state index is -1.30. The van der Waals surface area contributed by atoms with E-state index in [0.29, 0.717) is 11.0 Å². The summed E-state index contributed by atoms with van der Waals surface area (Å²) in [6.07, 6.45) is 0.774. The summed E-state index contributed by atoms with van der Waals surface area (Å²) in [5.41, 5.74) is -0.0150. The Morgan fingerprint density at radius 3 is 2.70 bits per heavy atom. The lowest BCUT2D eigenvalue weighted by Gasteiger charge is -2.17. The number of urea groups is 1. The zero-order chi connectivity index (χ0) is 22.1. The van der Waals surface area contributed by atoms with Crippen LogP contribution in [0.1, 0.15) is 36.2 Å². The van der Waals surface area contributed by atoms with Crippen molar-refractivity contribution < 1.29 is 23.8 Å². The van der Waals surface area contributed by atoms with Crippen LogP contribution in [0.4, 0.5) is 14.2 Å². The van der Waals surface area contributed by atoms with Crippen LogP contribution in [0.15, 0.2) is 22.7 Å². The quantitative estimate of drug-likeness (QED) is 0.398. The maximum atomic E-state index is 13.9. The van der Waals surface area contributed by atoms with E-state index in [2.05, 4.69) is 49.7 Å². The van der Waals surface area contributed by atoms with Crippen molar-refractivity contribution in [2.45, 2.75) is 26.9 Å². The summed E-state index contributed by atoms with van der Waals surface area (Å²) in [7, 11) is 0. The maximum Gasteiger partial charge on any atom is 0.344 e. The van der Waals surface area contributed by atoms with Crippen LogP contribution in [-0.2, 0) is 6.61 Å². The fourth-order valence-corrected chi connectivity index (χ4v) is 3.68. The summed E-state index contributed by atoms with van der Waals surface area (Å²) in [4.78, 5) is 26.0. The molecule has 3 N–H and O–H groups in total. The van der Waals surface area contributed by atoms with E-state index < -0.39 is 17.8 Å². The molecule has 1 heterocycles. The molecule has 2 amide bonds. The molecule has 8 nitrogen and oxygen atoms in total. The Labute approximate surface area is 186 Å². The predicted octanol–water partition coefficient (Wildman–Crippen LogP) is 4.18. The van der Waals surface area contributed by atoms with Gasteiger partial charge in [0.25, 0.3) is 0 Å². The maximum absolute atomic E-state index is 13.9. The molecule has 0 aliphatic carbocycles. The molecule has 0 aliphatic rings. The summed E-state index contributed by atoms with van der Waals surface area (Å²) >= 11 is 3.96. The minimum Gasteiger partial charge on any atom is -0.477 e. The molecule has 30 heavy (non-hydrogen) atoms. The lowest BCUT2D eigenvalue weighted by Crippen LogP contribution is -2.32. The van der Waals surface area contributed by atoms with E-state index in [0.717, 1.165) is 37.6 Å². The second-order valence-electron chi connectivity index (χ2n) is 6.28. The molecule has 164 valence electrons. The fourth-order valence-electron chi connectivity index (χ4n) is 2.62. The molecule has 1 aromatic carbocycles. The van der Waals surface area contributed by atoms with Crippen LogP contribution in [0.5, 0.6) is 5.88 Å². The number of carboxylic acid groups (broad SMARTS) is 1. The third kappa shape index (κ3) is 6.92. The summed E-state index contributed by atoms with van der Waals surface area (Å²) < 4.78 is 23.9. The number of aromatic nitrogens is 1. The van der Waals surface area contributed by atoms with Gasteiger partial charge in [0, 0.05) is 16.6 Å². The van der Waals surface area contributed by atoms with Crippen LogP contribution in [0.25, 0.3) is 0 Å². The lowest BCUT2D eigenvalue weighted by atomic mass is 10.2. The molecule has 0 unspecified atom stereocenters. The molecule has 0 saturated heterocycles. The standard InChI is InChI=1S/C19H24BrFN4O4S/c1-3-25(4-2)9-5-8-22-19(28)23-17-15(18(26)27)16(24-30-17)29-11-12-6-7-13(20)10-14(12)21/h6-7,10H,3-5,8-9,11H2,1-2H3,(H,26,27)(H2,22,23,28). The van der Waals surface area contributed by atoms with Crippen LogP contribution < -0.4 is 15.4 Å². The van der Waals surface area contributed by atoms with Crippen LogP contribution in [0, 0.1) is 5.82 Å². The normalized spacial score (nSPS) is 10.8. The van der Waals surface area contributed by atoms with Crippen molar-refractivity contribution >= 4 is 44.5 Å². The molecular weight excluding hydrogens is 479 g/mol. The van der Waals surface area contributed by atoms with E-state index in [1.54, 1.807) is 6.07 Å². The Kier molecular flexibility index (Phi) is 9.47. The number of benzene rings is 1. The van der Waals surface area contributed by atoms with Crippen molar-refractivity contribution in [3.05, 3.63) is 39.6 Å². The molecule has 0 atom stereocenters. The number of rotatable bonds is 11. The van der Waals surface area contributed by atoms with E-state index in [1.165, 1.54) is 12.1 Å². The number of carbonyl (C=O) groups excluding carboxylic acids is 1. The number of halogens is 2. The SMILES string of the molecule is CCN(CC)CCCNC(=O)Nc1snc(OCc2ccc(Br)cc2F)c1C(=O)O. The van der Waals surface area contributed by atoms with Gasteiger partial charge in [0.15, 0.2) is 5.56 Å². The topological polar surface area (TPSA) is 104 Å². The number of hydrogen-bond acceptors (Lipinski definition) is 6. The third-order valence-corrected chi connectivity index (χ3v) is 5.55. The number of amides is 2. The van der Waals surface area contributed by atoms with Crippen molar-refractivity contribution in [3.63, 3.8) is 0 Å². The minimum absolute atomic E-state index is 0.0509. The molecule has 0 fully saturated rings. The number of nitrogens with one attached hydrogen (secondary N) is 2. The summed E-state index contributed by atoms with van der Waals surface area (Å²) in [6.45, 7) is 7.16. The molecule has 0 spiro atoms. The second-order valence-corrected chi connectivity index (χ2v) is 7.97. The Morgan fingerprint density at radius 2 is 2.07 bits per heavy atom. The number of hydrogen-bond donors (Lipinski definition) is 3. The third-order valence-electron chi connectivity index (χ3n) is 4.31. The number of anilines is 1. The summed E-state index contributed by atoms with van der Waals surface area (Å²) in [5.74, 6) is -1.96. The van der Waals surface area contributed by atoms with Gasteiger partial charge in [-0.25, -0.2) is 14.0 Å². The highest BCUT2D eigenvalue weighted by molar-refractivity contribution is 9.10. The number of carboxylic acids is 1. The van der Waals surface area contributed by atoms with E-state index in [9.17, 15) is 19.1 Å². The van der Waals surface area contributed by atoms with E-state index in [-0.39, 0.29) is 28.6 Å². The fraction of sp³-hybridized carbons (Fsp3) is 0.421. The van der Waals surface area contributed by atoms with Gasteiger partial charge in [0.2, 0.25) is 5.88 Å². The molecule has 2 rings (SSSR count). The average molecular weight is 503 g/mol. The van der Waals surface area contributed by atoms with Crippen LogP contribution >= 0.6 is 27.5 Å². The molecule has 0 aliphatic heterocycles. The molecular formula is C19H24BrFN4O4S. The zero-order valence-corrected chi connectivity index (χ0v) is 19.1. The van der Waals surface area contributed by atoms with E-state index >= 15 is 0 Å². The van der Waals surface area contributed by atoms with Gasteiger partial charge in [0.05, 0.1) is 0 Å². The van der Waals surface area contributed by atoms with E-state index in [1.807, 2.05) is 0 Å². The van der Waals surface area contributed by atoms with Gasteiger partial charge < -0.3 is 20.1 Å². The van der Waals surface area contributed by atoms with Crippen LogP contribution in [-0.4, -0.2) is 52.6 Å². The van der Waals surface area contributed by atoms with Gasteiger partial charge in [-0.3, -0.25) is 5.32 Å². The molecule has 0 saturated carbocycles. The number of carbonyl (C=O) groups is 2. The Bertz CT molecular complexity index is 876. The van der Waals surface area contributed by atoms with Gasteiger partial charge >= 0.3 is 12.0 Å². The first-order chi connectivity index (χ1) is 14.3. The zero-order valence-electron chi connectivity index (χ0n) is 16.7. The monoisotopic (exact) mass is 502 g/mol. The van der Waals surface area contributed by atoms with Gasteiger partial charge in [-0.1, -0.05) is 35.8 Å². The highest BCUT2D eigenvalue weighted by atomic mass is 79.9. The molecule has 1 aromatic heterocycles. The first-order valence-corrected chi connectivity index (χ1v) is 11.0. The molecule has 0 radical (unpaired) electrons. The van der Waals surface area contributed by atoms with Gasteiger partial charge in [-0.05, 0) is 49.7 Å². The van der Waals surface area contributed by atoms with Crippen molar-refractivity contribution in [2.24, 2.45) is 0 Å². The molecule has 0 bridgehead atoms. The Balaban J connectivity index is 1.94. The average Bonchev–Trinajstić information content (AvgIpc) is 3.10. The summed E-state index contributed by atoms with van der Waals surface area (Å²) in [6, 6.07) is 3.94. The van der Waals surface area contributed by atoms with Crippen LogP contribution in [0.2, 0.25) is 0 Å². The number of nitrogens with zero attached hydrogens (tertiary/aromatic N) is 2. The summed E-state index contributed by atoms with van der Waals surface area (Å²) in [5, 5.41) is 14.7. The van der Waals surface area contributed by atoms with Gasteiger partial charge in [0.1, 0.15) is 17.4 Å². The van der Waals surface area contributed by atoms with Crippen molar-refractivity contribution in [1.82, 2.24) is 14.6 Å². The van der Waals surface area contributed by atoms with Crippen LogP contribution in [0.3, 0.4) is 0 Å². The first kappa shape index (κ1) is 24.0. The lowest BCUT2D eigenvalue weighted by molar-refractivity contribution is 0.0693. The largest absolute Gasteiger partial charge is 0.477 e. The highest BCUT2D eigenvalue weighted by Crippen LogP contribution is 2.31. The van der Waals surface area contributed by atoms with Gasteiger partial charge in [-0.15, -0.1) is 0 Å². The van der Waals surface area contributed by atoms with Crippen molar-refractivity contribution in [1.29, 1.82) is 0 Å². The number of ether oxygens (including phenoxy) is 1. The molecule has 11 heteroatoms. The Morgan fingerprint density at radius 1 is 1.33 bits per heavy atom. The van der Waals surface area contributed by atoms with Gasteiger partial charge in [-0.2, -0.15) is 4.37 Å². The van der Waals surface area contributed by atoms with E-state index in [4.69, 9.17) is 4.74 Å². The van der Waals surface area contributed by atoms with Crippen molar-refractivity contribution in [3.8, 4) is 5.88 Å².